The third-order valence-corrected chi connectivity index (χ3v) is 3.24. The van der Waals surface area contributed by atoms with E-state index in [1.165, 1.54) is 0 Å². The number of carbonyl (C=O) groups is 1. The third kappa shape index (κ3) is 3.76. The number of ether oxygens (including phenoxy) is 1. The smallest absolute Gasteiger partial charge is 0.223 e. The van der Waals surface area contributed by atoms with Crippen molar-refractivity contribution in [2.24, 2.45) is 0 Å². The van der Waals surface area contributed by atoms with Gasteiger partial charge in [-0.3, -0.25) is 4.79 Å². The molecule has 1 heterocycles. The summed E-state index contributed by atoms with van der Waals surface area (Å²) in [6.07, 6.45) is 1.93. The Labute approximate surface area is 98.3 Å². The van der Waals surface area contributed by atoms with E-state index in [0.717, 1.165) is 32.7 Å². The summed E-state index contributed by atoms with van der Waals surface area (Å²) in [7, 11) is 0. The highest BCUT2D eigenvalue weighted by Crippen LogP contribution is 2.12. The van der Waals surface area contributed by atoms with Crippen LogP contribution in [0.4, 0.5) is 0 Å². The Kier molecular flexibility index (Phi) is 5.77. The molecule has 0 aromatic rings. The molecule has 1 aliphatic heterocycles. The maximum atomic E-state index is 11.7. The Bertz CT molecular complexity index is 217. The fourth-order valence-corrected chi connectivity index (χ4v) is 2.10. The molecule has 1 aliphatic rings. The maximum absolute atomic E-state index is 11.7. The molecular formula is C12H24N2O2. The molecule has 94 valence electrons. The lowest BCUT2D eigenvalue weighted by molar-refractivity contribution is -0.130. The minimum absolute atomic E-state index is 0.240. The topological polar surface area (TPSA) is 41.6 Å². The van der Waals surface area contributed by atoms with Gasteiger partial charge in [-0.25, -0.2) is 0 Å². The SMILES string of the molecule is CCN(CC)C(=O)CCNC1CCOC1C. The summed E-state index contributed by atoms with van der Waals surface area (Å²) in [5.41, 5.74) is 0. The third-order valence-electron chi connectivity index (χ3n) is 3.24. The molecule has 1 N–H and O–H groups in total. The van der Waals surface area contributed by atoms with E-state index >= 15 is 0 Å². The molecule has 1 saturated heterocycles. The van der Waals surface area contributed by atoms with Gasteiger partial charge in [0, 0.05) is 38.7 Å². The van der Waals surface area contributed by atoms with Crippen molar-refractivity contribution in [3.63, 3.8) is 0 Å². The molecule has 0 aliphatic carbocycles. The number of carbonyl (C=O) groups excluding carboxylic acids is 1. The fraction of sp³-hybridized carbons (Fsp3) is 0.917. The summed E-state index contributed by atoms with van der Waals surface area (Å²) >= 11 is 0. The highest BCUT2D eigenvalue weighted by atomic mass is 16.5. The van der Waals surface area contributed by atoms with Crippen LogP contribution in [0.25, 0.3) is 0 Å². The van der Waals surface area contributed by atoms with Crippen LogP contribution in [0.5, 0.6) is 0 Å². The maximum Gasteiger partial charge on any atom is 0.223 e. The van der Waals surface area contributed by atoms with E-state index in [0.29, 0.717) is 12.5 Å². The Morgan fingerprint density at radius 2 is 2.12 bits per heavy atom. The van der Waals surface area contributed by atoms with Gasteiger partial charge in [-0.15, -0.1) is 0 Å². The van der Waals surface area contributed by atoms with Gasteiger partial charge >= 0.3 is 0 Å². The van der Waals surface area contributed by atoms with Crippen LogP contribution < -0.4 is 5.32 Å². The zero-order valence-corrected chi connectivity index (χ0v) is 10.7. The van der Waals surface area contributed by atoms with E-state index in [9.17, 15) is 4.79 Å². The molecule has 0 aromatic carbocycles. The van der Waals surface area contributed by atoms with Gasteiger partial charge in [0.05, 0.1) is 6.10 Å². The Morgan fingerprint density at radius 1 is 1.44 bits per heavy atom. The van der Waals surface area contributed by atoms with E-state index in [2.05, 4.69) is 12.2 Å². The van der Waals surface area contributed by atoms with E-state index in [1.807, 2.05) is 18.7 Å². The predicted octanol–water partition coefficient (Wildman–Crippen LogP) is 1.01. The molecule has 4 heteroatoms. The minimum Gasteiger partial charge on any atom is -0.377 e. The molecule has 1 rings (SSSR count). The first-order valence-electron chi connectivity index (χ1n) is 6.31. The minimum atomic E-state index is 0.240. The monoisotopic (exact) mass is 228 g/mol. The molecule has 2 unspecified atom stereocenters. The van der Waals surface area contributed by atoms with Gasteiger partial charge in [-0.05, 0) is 27.2 Å². The van der Waals surface area contributed by atoms with E-state index < -0.39 is 0 Å². The molecule has 1 amide bonds. The molecule has 0 spiro atoms. The Balaban J connectivity index is 2.17. The van der Waals surface area contributed by atoms with Gasteiger partial charge in [-0.2, -0.15) is 0 Å². The summed E-state index contributed by atoms with van der Waals surface area (Å²) in [4.78, 5) is 13.6. The van der Waals surface area contributed by atoms with Crippen molar-refractivity contribution < 1.29 is 9.53 Å². The van der Waals surface area contributed by atoms with Crippen molar-refractivity contribution >= 4 is 5.91 Å². The molecule has 2 atom stereocenters. The van der Waals surface area contributed by atoms with Crippen LogP contribution in [0.15, 0.2) is 0 Å². The lowest BCUT2D eigenvalue weighted by atomic mass is 10.1. The molecule has 0 saturated carbocycles. The van der Waals surface area contributed by atoms with E-state index in [-0.39, 0.29) is 12.0 Å². The standard InChI is InChI=1S/C12H24N2O2/c1-4-14(5-2)12(15)6-8-13-11-7-9-16-10(11)3/h10-11,13H,4-9H2,1-3H3. The lowest BCUT2D eigenvalue weighted by Gasteiger charge is -2.20. The second-order valence-corrected chi connectivity index (χ2v) is 4.24. The van der Waals surface area contributed by atoms with Crippen molar-refractivity contribution in [1.82, 2.24) is 10.2 Å². The quantitative estimate of drug-likeness (QED) is 0.738. The summed E-state index contributed by atoms with van der Waals surface area (Å²) in [6.45, 7) is 9.31. The first-order valence-corrected chi connectivity index (χ1v) is 6.31. The van der Waals surface area contributed by atoms with Crippen molar-refractivity contribution in [2.45, 2.75) is 45.8 Å². The van der Waals surface area contributed by atoms with E-state index in [1.54, 1.807) is 0 Å². The predicted molar refractivity (Wildman–Crippen MR) is 64.4 cm³/mol. The first kappa shape index (κ1) is 13.5. The first-order chi connectivity index (χ1) is 7.69. The van der Waals surface area contributed by atoms with Gasteiger partial charge in [-0.1, -0.05) is 0 Å². The number of amides is 1. The molecule has 16 heavy (non-hydrogen) atoms. The molecule has 0 radical (unpaired) electrons. The molecule has 0 aromatic heterocycles. The highest BCUT2D eigenvalue weighted by Gasteiger charge is 2.23. The number of nitrogens with zero attached hydrogens (tertiary/aromatic N) is 1. The van der Waals surface area contributed by atoms with Gasteiger partial charge in [0.25, 0.3) is 0 Å². The second-order valence-electron chi connectivity index (χ2n) is 4.24. The van der Waals surface area contributed by atoms with Gasteiger partial charge in [0.1, 0.15) is 0 Å². The number of hydrogen-bond acceptors (Lipinski definition) is 3. The van der Waals surface area contributed by atoms with Crippen molar-refractivity contribution in [2.75, 3.05) is 26.2 Å². The summed E-state index contributed by atoms with van der Waals surface area (Å²) in [5.74, 6) is 0.240. The summed E-state index contributed by atoms with van der Waals surface area (Å²) in [6, 6.07) is 0.421. The molecule has 0 bridgehead atoms. The molecule has 4 nitrogen and oxygen atoms in total. The van der Waals surface area contributed by atoms with Crippen LogP contribution in [0.1, 0.15) is 33.6 Å². The Hall–Kier alpha value is -0.610. The van der Waals surface area contributed by atoms with Crippen molar-refractivity contribution in [3.8, 4) is 0 Å². The molecular weight excluding hydrogens is 204 g/mol. The lowest BCUT2D eigenvalue weighted by Crippen LogP contribution is -2.38. The average molecular weight is 228 g/mol. The fourth-order valence-electron chi connectivity index (χ4n) is 2.10. The largest absolute Gasteiger partial charge is 0.377 e. The summed E-state index contributed by atoms with van der Waals surface area (Å²) < 4.78 is 5.45. The number of hydrogen-bond donors (Lipinski definition) is 1. The summed E-state index contributed by atoms with van der Waals surface area (Å²) in [5, 5.41) is 3.39. The molecule has 1 fully saturated rings. The van der Waals surface area contributed by atoms with Crippen LogP contribution in [-0.4, -0.2) is 49.2 Å². The van der Waals surface area contributed by atoms with Gasteiger partial charge < -0.3 is 15.0 Å². The van der Waals surface area contributed by atoms with Crippen molar-refractivity contribution in [1.29, 1.82) is 0 Å². The van der Waals surface area contributed by atoms with Crippen LogP contribution in [0, 0.1) is 0 Å². The second kappa shape index (κ2) is 6.86. The van der Waals surface area contributed by atoms with Crippen LogP contribution >= 0.6 is 0 Å². The van der Waals surface area contributed by atoms with E-state index in [4.69, 9.17) is 4.74 Å². The zero-order valence-electron chi connectivity index (χ0n) is 10.7. The van der Waals surface area contributed by atoms with Crippen LogP contribution in [-0.2, 0) is 9.53 Å². The van der Waals surface area contributed by atoms with Crippen LogP contribution in [0.3, 0.4) is 0 Å². The van der Waals surface area contributed by atoms with Crippen LogP contribution in [0.2, 0.25) is 0 Å². The highest BCUT2D eigenvalue weighted by molar-refractivity contribution is 5.76. The van der Waals surface area contributed by atoms with Crippen molar-refractivity contribution in [3.05, 3.63) is 0 Å². The zero-order chi connectivity index (χ0) is 12.0. The Morgan fingerprint density at radius 3 is 2.62 bits per heavy atom. The average Bonchev–Trinajstić information content (AvgIpc) is 2.66. The number of rotatable bonds is 6. The number of nitrogens with one attached hydrogen (secondary N) is 1. The normalized spacial score (nSPS) is 24.7. The van der Waals surface area contributed by atoms with Gasteiger partial charge in [0.15, 0.2) is 0 Å². The van der Waals surface area contributed by atoms with Gasteiger partial charge in [0.2, 0.25) is 5.91 Å².